The highest BCUT2D eigenvalue weighted by Gasteiger charge is 2.41. The molecule has 1 aromatic carbocycles. The minimum atomic E-state index is -3.95. The molecular formula is C20H22ClFN4O3S. The molecule has 0 bridgehead atoms. The van der Waals surface area contributed by atoms with E-state index in [-0.39, 0.29) is 22.1 Å². The van der Waals surface area contributed by atoms with Crippen LogP contribution in [0.5, 0.6) is 5.88 Å². The monoisotopic (exact) mass is 452 g/mol. The van der Waals surface area contributed by atoms with Gasteiger partial charge in [0.05, 0.1) is 23.1 Å². The summed E-state index contributed by atoms with van der Waals surface area (Å²) >= 11 is 5.78. The van der Waals surface area contributed by atoms with E-state index in [1.807, 2.05) is 0 Å². The number of aromatic nitrogens is 2. The van der Waals surface area contributed by atoms with E-state index in [9.17, 15) is 12.8 Å². The molecule has 2 saturated heterocycles. The molecule has 30 heavy (non-hydrogen) atoms. The van der Waals surface area contributed by atoms with Gasteiger partial charge in [0.25, 0.3) is 0 Å². The van der Waals surface area contributed by atoms with Crippen molar-refractivity contribution in [2.45, 2.75) is 42.2 Å². The third kappa shape index (κ3) is 3.79. The molecule has 0 unspecified atom stereocenters. The molecule has 1 aliphatic carbocycles. The lowest BCUT2D eigenvalue weighted by atomic mass is 10.2. The van der Waals surface area contributed by atoms with Crippen LogP contribution in [0.4, 0.5) is 4.39 Å². The number of benzene rings is 1. The second-order valence-electron chi connectivity index (χ2n) is 8.09. The maximum absolute atomic E-state index is 14.3. The molecule has 3 fully saturated rings. The number of halogens is 2. The lowest BCUT2D eigenvalue weighted by Gasteiger charge is -2.36. The first-order valence-corrected chi connectivity index (χ1v) is 11.9. The number of hydrogen-bond donors (Lipinski definition) is 0. The lowest BCUT2D eigenvalue weighted by molar-refractivity contribution is 0.151. The maximum atomic E-state index is 14.3. The van der Waals surface area contributed by atoms with Gasteiger partial charge >= 0.3 is 0 Å². The Kier molecular flexibility index (Phi) is 5.17. The van der Waals surface area contributed by atoms with E-state index in [0.29, 0.717) is 44.4 Å². The number of hydrogen-bond acceptors (Lipinski definition) is 6. The second kappa shape index (κ2) is 7.71. The summed E-state index contributed by atoms with van der Waals surface area (Å²) in [5.41, 5.74) is 1.01. The third-order valence-electron chi connectivity index (χ3n) is 6.01. The van der Waals surface area contributed by atoms with Gasteiger partial charge in [0.15, 0.2) is 5.82 Å². The van der Waals surface area contributed by atoms with Gasteiger partial charge in [-0.25, -0.2) is 17.8 Å². The van der Waals surface area contributed by atoms with E-state index in [1.165, 1.54) is 35.3 Å². The highest BCUT2D eigenvalue weighted by molar-refractivity contribution is 7.89. The summed E-state index contributed by atoms with van der Waals surface area (Å²) in [6, 6.07) is 4.06. The van der Waals surface area contributed by atoms with Crippen LogP contribution < -0.4 is 4.74 Å². The Labute approximate surface area is 179 Å². The zero-order valence-corrected chi connectivity index (χ0v) is 17.8. The lowest BCUT2D eigenvalue weighted by Crippen LogP contribution is -2.52. The van der Waals surface area contributed by atoms with Crippen LogP contribution in [0.3, 0.4) is 0 Å². The first-order chi connectivity index (χ1) is 14.4. The third-order valence-corrected chi connectivity index (χ3v) is 8.18. The van der Waals surface area contributed by atoms with Crippen LogP contribution in [0.15, 0.2) is 35.5 Å². The molecule has 2 aromatic rings. The first-order valence-electron chi connectivity index (χ1n) is 10.1. The minimum Gasteiger partial charge on any atom is -0.472 e. The van der Waals surface area contributed by atoms with Gasteiger partial charge < -0.3 is 4.74 Å². The predicted octanol–water partition coefficient (Wildman–Crippen LogP) is 2.67. The van der Waals surface area contributed by atoms with E-state index in [4.69, 9.17) is 16.3 Å². The quantitative estimate of drug-likeness (QED) is 0.694. The smallest absolute Gasteiger partial charge is 0.246 e. The number of sulfonamides is 1. The molecule has 3 heterocycles. The molecule has 10 heteroatoms. The van der Waals surface area contributed by atoms with Crippen LogP contribution in [0.25, 0.3) is 0 Å². The molecule has 3 aliphatic rings. The minimum absolute atomic E-state index is 0.0134. The average molecular weight is 453 g/mol. The summed E-state index contributed by atoms with van der Waals surface area (Å²) in [7, 11) is -3.95. The Morgan fingerprint density at radius 1 is 1.13 bits per heavy atom. The molecular weight excluding hydrogens is 431 g/mol. The molecule has 0 N–H and O–H groups in total. The van der Waals surface area contributed by atoms with Crippen LogP contribution in [-0.2, 0) is 10.0 Å². The van der Waals surface area contributed by atoms with Gasteiger partial charge in [-0.3, -0.25) is 9.88 Å². The van der Waals surface area contributed by atoms with Gasteiger partial charge in [0, 0.05) is 44.6 Å². The van der Waals surface area contributed by atoms with E-state index in [2.05, 4.69) is 14.9 Å². The maximum Gasteiger partial charge on any atom is 0.246 e. The van der Waals surface area contributed by atoms with Crippen molar-refractivity contribution >= 4 is 21.6 Å². The van der Waals surface area contributed by atoms with Crippen molar-refractivity contribution < 1.29 is 17.5 Å². The first kappa shape index (κ1) is 20.1. The van der Waals surface area contributed by atoms with Gasteiger partial charge in [-0.2, -0.15) is 4.31 Å². The summed E-state index contributed by atoms with van der Waals surface area (Å²) in [6.45, 7) is 1.86. The predicted molar refractivity (Wildman–Crippen MR) is 109 cm³/mol. The summed E-state index contributed by atoms with van der Waals surface area (Å²) in [4.78, 5) is 10.6. The van der Waals surface area contributed by atoms with Crippen LogP contribution >= 0.6 is 11.6 Å². The highest BCUT2D eigenvalue weighted by Crippen LogP contribution is 2.38. The Bertz CT molecular complexity index is 1050. The van der Waals surface area contributed by atoms with E-state index >= 15 is 0 Å². The Morgan fingerprint density at radius 2 is 1.97 bits per heavy atom. The molecule has 0 amide bonds. The second-order valence-corrected chi connectivity index (χ2v) is 10.4. The fraction of sp³-hybridized carbons (Fsp3) is 0.500. The molecule has 0 spiro atoms. The molecule has 1 saturated carbocycles. The SMILES string of the molecule is O=S(=O)(c1cccc(Cl)c1F)N1CCN2C[C@H](Oc3cnc(C4CC4)cn3)C[C@H]2C1. The van der Waals surface area contributed by atoms with E-state index in [1.54, 1.807) is 12.4 Å². The summed E-state index contributed by atoms with van der Waals surface area (Å²) in [5, 5.41) is -0.196. The van der Waals surface area contributed by atoms with Crippen molar-refractivity contribution in [3.05, 3.63) is 47.1 Å². The van der Waals surface area contributed by atoms with Crippen molar-refractivity contribution in [1.29, 1.82) is 0 Å². The van der Waals surface area contributed by atoms with Crippen LogP contribution in [0.1, 0.15) is 30.9 Å². The van der Waals surface area contributed by atoms with Crippen molar-refractivity contribution in [2.24, 2.45) is 0 Å². The van der Waals surface area contributed by atoms with Crippen molar-refractivity contribution in [2.75, 3.05) is 26.2 Å². The Balaban J connectivity index is 1.25. The zero-order chi connectivity index (χ0) is 20.9. The van der Waals surface area contributed by atoms with Crippen LogP contribution in [0, 0.1) is 5.82 Å². The van der Waals surface area contributed by atoms with Crippen LogP contribution in [-0.4, -0.2) is 65.9 Å². The fourth-order valence-corrected chi connectivity index (χ4v) is 6.03. The molecule has 5 rings (SSSR count). The zero-order valence-electron chi connectivity index (χ0n) is 16.2. The largest absolute Gasteiger partial charge is 0.472 e. The van der Waals surface area contributed by atoms with Crippen molar-refractivity contribution in [1.82, 2.24) is 19.2 Å². The van der Waals surface area contributed by atoms with Gasteiger partial charge in [0.1, 0.15) is 11.0 Å². The van der Waals surface area contributed by atoms with Crippen molar-refractivity contribution in [3.63, 3.8) is 0 Å². The van der Waals surface area contributed by atoms with Crippen molar-refractivity contribution in [3.8, 4) is 5.88 Å². The van der Waals surface area contributed by atoms with E-state index in [0.717, 1.165) is 5.69 Å². The summed E-state index contributed by atoms with van der Waals surface area (Å²) in [6.07, 6.45) is 6.39. The molecule has 1 aromatic heterocycles. The van der Waals surface area contributed by atoms with Gasteiger partial charge in [-0.15, -0.1) is 0 Å². The number of piperazine rings is 1. The fourth-order valence-electron chi connectivity index (χ4n) is 4.24. The number of fused-ring (bicyclic) bond motifs is 1. The normalized spacial score (nSPS) is 25.3. The standard InChI is InChI=1S/C20H22ClFN4O3S/c21-16-2-1-3-18(20(16)22)30(27,28)26-7-6-25-12-15(8-14(25)11-26)29-19-10-23-17(9-24-19)13-4-5-13/h1-3,9-10,13-15H,4-8,11-12H2/t14-,15+/m0/s1. The van der Waals surface area contributed by atoms with Crippen LogP contribution in [0.2, 0.25) is 5.02 Å². The average Bonchev–Trinajstić information content (AvgIpc) is 3.50. The Morgan fingerprint density at radius 3 is 2.70 bits per heavy atom. The van der Waals surface area contributed by atoms with Gasteiger partial charge in [-0.1, -0.05) is 17.7 Å². The highest BCUT2D eigenvalue weighted by atomic mass is 35.5. The van der Waals surface area contributed by atoms with Gasteiger partial charge in [0.2, 0.25) is 15.9 Å². The Hall–Kier alpha value is -1.81. The number of nitrogens with zero attached hydrogens (tertiary/aromatic N) is 4. The van der Waals surface area contributed by atoms with E-state index < -0.39 is 15.8 Å². The summed E-state index contributed by atoms with van der Waals surface area (Å²) < 4.78 is 47.6. The molecule has 160 valence electrons. The van der Waals surface area contributed by atoms with Gasteiger partial charge in [-0.05, 0) is 25.0 Å². The number of rotatable bonds is 5. The summed E-state index contributed by atoms with van der Waals surface area (Å²) in [5.74, 6) is 0.140. The molecule has 2 atom stereocenters. The number of ether oxygens (including phenoxy) is 1. The molecule has 2 aliphatic heterocycles. The topological polar surface area (TPSA) is 75.6 Å². The molecule has 0 radical (unpaired) electrons. The molecule has 7 nitrogen and oxygen atoms in total.